The minimum absolute atomic E-state index is 0.0750. The molecule has 1 aromatic carbocycles. The van der Waals surface area contributed by atoms with E-state index in [1.54, 1.807) is 13.2 Å². The molecule has 1 saturated carbocycles. The average molecular weight is 548 g/mol. The Balaban J connectivity index is 1.95. The van der Waals surface area contributed by atoms with Crippen LogP contribution in [0.3, 0.4) is 0 Å². The van der Waals surface area contributed by atoms with E-state index in [-0.39, 0.29) is 31.5 Å². The van der Waals surface area contributed by atoms with E-state index in [0.29, 0.717) is 29.6 Å². The van der Waals surface area contributed by atoms with E-state index < -0.39 is 22.1 Å². The van der Waals surface area contributed by atoms with Crippen LogP contribution in [-0.4, -0.2) is 85.2 Å². The van der Waals surface area contributed by atoms with Gasteiger partial charge in [-0.05, 0) is 42.4 Å². The number of anilines is 2. The van der Waals surface area contributed by atoms with Gasteiger partial charge in [-0.15, -0.1) is 0 Å². The number of hydrogen-bond donors (Lipinski definition) is 2. The van der Waals surface area contributed by atoms with E-state index in [0.717, 1.165) is 24.8 Å². The Morgan fingerprint density at radius 3 is 2.42 bits per heavy atom. The molecule has 0 saturated heterocycles. The molecule has 1 aliphatic carbocycles. The zero-order valence-corrected chi connectivity index (χ0v) is 23.8. The number of amides is 1. The summed E-state index contributed by atoms with van der Waals surface area (Å²) >= 11 is 0. The summed E-state index contributed by atoms with van der Waals surface area (Å²) in [6, 6.07) is 12.1. The predicted octanol–water partition coefficient (Wildman–Crippen LogP) is 1.90. The molecule has 0 bridgehead atoms. The lowest BCUT2D eigenvalue weighted by Crippen LogP contribution is -2.51. The highest BCUT2D eigenvalue weighted by molar-refractivity contribution is 7.92. The van der Waals surface area contributed by atoms with Gasteiger partial charge in [0.1, 0.15) is 11.6 Å². The molecule has 4 atom stereocenters. The third-order valence-electron chi connectivity index (χ3n) is 6.88. The smallest absolute Gasteiger partial charge is 0.251 e. The van der Waals surface area contributed by atoms with Gasteiger partial charge < -0.3 is 25.4 Å². The molecule has 1 heterocycles. The molecule has 3 unspecified atom stereocenters. The van der Waals surface area contributed by atoms with Gasteiger partial charge in [0.2, 0.25) is 10.0 Å². The zero-order chi connectivity index (χ0) is 27.9. The number of ether oxygens (including phenoxy) is 2. The molecule has 0 radical (unpaired) electrons. The molecule has 38 heavy (non-hydrogen) atoms. The molecule has 3 rings (SSSR count). The molecule has 1 amide bonds. The van der Waals surface area contributed by atoms with Crippen molar-refractivity contribution < 1.29 is 22.7 Å². The van der Waals surface area contributed by atoms with Crippen LogP contribution in [0.2, 0.25) is 0 Å². The van der Waals surface area contributed by atoms with Gasteiger partial charge in [0.15, 0.2) is 0 Å². The van der Waals surface area contributed by atoms with Gasteiger partial charge in [-0.2, -0.15) is 0 Å². The van der Waals surface area contributed by atoms with Crippen molar-refractivity contribution in [3.05, 3.63) is 53.6 Å². The summed E-state index contributed by atoms with van der Waals surface area (Å²) in [5.74, 6) is 1.52. The van der Waals surface area contributed by atoms with E-state index in [4.69, 9.17) is 15.2 Å². The maximum atomic E-state index is 13.6. The third kappa shape index (κ3) is 8.39. The topological polar surface area (TPSA) is 127 Å². The molecular formula is C27H41N5O5S. The molecule has 2 aromatic rings. The first kappa shape index (κ1) is 29.8. The highest BCUT2D eigenvalue weighted by Crippen LogP contribution is 2.38. The van der Waals surface area contributed by atoms with Crippen molar-refractivity contribution in [1.82, 2.24) is 10.3 Å². The highest BCUT2D eigenvalue weighted by atomic mass is 32.2. The second-order valence-electron chi connectivity index (χ2n) is 10.1. The van der Waals surface area contributed by atoms with Crippen LogP contribution in [-0.2, 0) is 25.9 Å². The lowest BCUT2D eigenvalue weighted by Gasteiger charge is -2.27. The summed E-state index contributed by atoms with van der Waals surface area (Å²) in [6.45, 7) is 3.50. The van der Waals surface area contributed by atoms with Crippen molar-refractivity contribution in [2.24, 2.45) is 17.6 Å². The second-order valence-corrected chi connectivity index (χ2v) is 12.0. The quantitative estimate of drug-likeness (QED) is 0.346. The number of nitrogens with two attached hydrogens (primary N) is 1. The van der Waals surface area contributed by atoms with Crippen LogP contribution in [0.4, 0.5) is 11.6 Å². The summed E-state index contributed by atoms with van der Waals surface area (Å²) in [5.41, 5.74) is 7.71. The molecule has 0 aliphatic heterocycles. The first-order valence-electron chi connectivity index (χ1n) is 12.8. The summed E-state index contributed by atoms with van der Waals surface area (Å²) in [7, 11) is 1.31. The van der Waals surface area contributed by atoms with Crippen LogP contribution in [0.1, 0.15) is 29.3 Å². The minimum atomic E-state index is -3.68. The number of nitrogens with one attached hydrogen (secondary N) is 1. The van der Waals surface area contributed by atoms with Gasteiger partial charge in [0, 0.05) is 39.4 Å². The van der Waals surface area contributed by atoms with Crippen molar-refractivity contribution in [3.8, 4) is 0 Å². The molecule has 210 valence electrons. The molecule has 1 fully saturated rings. The number of pyridine rings is 1. The van der Waals surface area contributed by atoms with E-state index >= 15 is 0 Å². The third-order valence-corrected chi connectivity index (χ3v) is 8.05. The lowest BCUT2D eigenvalue weighted by molar-refractivity contribution is 0.0913. The fourth-order valence-electron chi connectivity index (χ4n) is 4.42. The van der Waals surface area contributed by atoms with Crippen LogP contribution >= 0.6 is 0 Å². The minimum Gasteiger partial charge on any atom is -0.383 e. The molecule has 0 spiro atoms. The normalized spacial score (nSPS) is 18.5. The lowest BCUT2D eigenvalue weighted by atomic mass is 9.99. The van der Waals surface area contributed by atoms with E-state index in [2.05, 4.69) is 17.2 Å². The monoisotopic (exact) mass is 547 g/mol. The fourth-order valence-corrected chi connectivity index (χ4v) is 5.26. The van der Waals surface area contributed by atoms with Crippen molar-refractivity contribution in [3.63, 3.8) is 0 Å². The van der Waals surface area contributed by atoms with E-state index in [9.17, 15) is 13.2 Å². The molecule has 3 N–H and O–H groups in total. The number of sulfonamides is 1. The number of carbonyl (C=O) groups is 1. The second kappa shape index (κ2) is 13.4. The number of benzene rings is 1. The maximum absolute atomic E-state index is 13.6. The van der Waals surface area contributed by atoms with E-state index in [1.807, 2.05) is 42.3 Å². The number of nitrogens with zero attached hydrogens (tertiary/aromatic N) is 3. The Morgan fingerprint density at radius 1 is 1.18 bits per heavy atom. The first-order valence-corrected chi connectivity index (χ1v) is 14.7. The Morgan fingerprint density at radius 2 is 1.84 bits per heavy atom. The van der Waals surface area contributed by atoms with Crippen LogP contribution < -0.4 is 20.3 Å². The highest BCUT2D eigenvalue weighted by Gasteiger charge is 2.34. The Kier molecular flexibility index (Phi) is 10.5. The van der Waals surface area contributed by atoms with Crippen molar-refractivity contribution in [2.45, 2.75) is 31.8 Å². The average Bonchev–Trinajstić information content (AvgIpc) is 3.57. The first-order chi connectivity index (χ1) is 18.0. The maximum Gasteiger partial charge on any atom is 0.251 e. The van der Waals surface area contributed by atoms with Gasteiger partial charge in [-0.25, -0.2) is 13.4 Å². The standard InChI is InChI=1S/C27H41N5O5S/c1-19-13-22(19)17-31(2)25-15-21(16-26(30-25)32(11-12-36-3)38(5,34)35)27(33)29-24(23(28)18-37-4)14-20-9-7-6-8-10-20/h6-10,15-16,19,22-24H,11-14,17-18,28H2,1-5H3,(H,29,33)/t19?,22?,23?,24-/m0/s1. The SMILES string of the molecule is COCCN(c1cc(C(=O)N[C@@H](Cc2ccccc2)C(N)COC)cc(N(C)CC2CC2C)n1)S(C)(=O)=O. The van der Waals surface area contributed by atoms with Crippen LogP contribution in [0, 0.1) is 11.8 Å². The summed E-state index contributed by atoms with van der Waals surface area (Å²) < 4.78 is 36.9. The number of methoxy groups -OCH3 is 2. The van der Waals surface area contributed by atoms with Crippen LogP contribution in [0.25, 0.3) is 0 Å². The molecule has 10 nitrogen and oxygen atoms in total. The van der Waals surface area contributed by atoms with Crippen molar-refractivity contribution in [2.75, 3.05) is 63.0 Å². The van der Waals surface area contributed by atoms with Crippen molar-refractivity contribution in [1.29, 1.82) is 0 Å². The summed E-state index contributed by atoms with van der Waals surface area (Å²) in [5, 5.41) is 3.06. The van der Waals surface area contributed by atoms with Gasteiger partial charge >= 0.3 is 0 Å². The summed E-state index contributed by atoms with van der Waals surface area (Å²) in [4.78, 5) is 20.2. The number of carbonyl (C=O) groups excluding carboxylic acids is 1. The van der Waals surface area contributed by atoms with E-state index in [1.165, 1.54) is 17.5 Å². The Labute approximate surface area is 226 Å². The fraction of sp³-hybridized carbons (Fsp3) is 0.556. The van der Waals surface area contributed by atoms with Crippen LogP contribution in [0.15, 0.2) is 42.5 Å². The van der Waals surface area contributed by atoms with Gasteiger partial charge in [0.25, 0.3) is 5.91 Å². The summed E-state index contributed by atoms with van der Waals surface area (Å²) in [6.07, 6.45) is 2.77. The largest absolute Gasteiger partial charge is 0.383 e. The predicted molar refractivity (Wildman–Crippen MR) is 150 cm³/mol. The Bertz CT molecular complexity index is 1160. The zero-order valence-electron chi connectivity index (χ0n) is 23.0. The number of hydrogen-bond acceptors (Lipinski definition) is 8. The van der Waals surface area contributed by atoms with Crippen LogP contribution in [0.5, 0.6) is 0 Å². The van der Waals surface area contributed by atoms with Crippen molar-refractivity contribution >= 4 is 27.6 Å². The van der Waals surface area contributed by atoms with Gasteiger partial charge in [0.05, 0.1) is 32.1 Å². The molecular weight excluding hydrogens is 506 g/mol. The van der Waals surface area contributed by atoms with Gasteiger partial charge in [-0.1, -0.05) is 37.3 Å². The number of rotatable bonds is 15. The Hall–Kier alpha value is -2.73. The number of aromatic nitrogens is 1. The molecule has 1 aliphatic rings. The molecule has 11 heteroatoms. The van der Waals surface area contributed by atoms with Gasteiger partial charge in [-0.3, -0.25) is 9.10 Å². The molecule has 1 aromatic heterocycles.